The Morgan fingerprint density at radius 1 is 1.48 bits per heavy atom. The van der Waals surface area contributed by atoms with Crippen molar-refractivity contribution in [3.05, 3.63) is 32.2 Å². The summed E-state index contributed by atoms with van der Waals surface area (Å²) in [6, 6.07) is 3.36. The maximum atomic E-state index is 12.3. The number of hydrogen-bond donors (Lipinski definition) is 1. The van der Waals surface area contributed by atoms with Crippen LogP contribution in [0.25, 0.3) is 0 Å². The lowest BCUT2D eigenvalue weighted by Crippen LogP contribution is -2.13. The van der Waals surface area contributed by atoms with Crippen molar-refractivity contribution in [1.82, 2.24) is 9.59 Å². The first kappa shape index (κ1) is 16.2. The van der Waals surface area contributed by atoms with Gasteiger partial charge in [-0.2, -0.15) is 0 Å². The van der Waals surface area contributed by atoms with Crippen molar-refractivity contribution in [2.45, 2.75) is 20.3 Å². The van der Waals surface area contributed by atoms with Crippen LogP contribution in [0.5, 0.6) is 5.75 Å². The molecular weight excluding hydrogens is 378 g/mol. The summed E-state index contributed by atoms with van der Waals surface area (Å²) in [5, 5.41) is 7.24. The van der Waals surface area contributed by atoms with E-state index >= 15 is 0 Å². The number of carbonyl (C=O) groups is 1. The molecule has 8 heteroatoms. The van der Waals surface area contributed by atoms with Gasteiger partial charge in [0.25, 0.3) is 5.91 Å². The molecule has 0 bridgehead atoms. The average molecular weight is 391 g/mol. The second-order valence-corrected chi connectivity index (χ2v) is 6.10. The Labute approximate surface area is 139 Å². The number of rotatable bonds is 5. The third-order valence-corrected chi connectivity index (χ3v) is 4.22. The molecule has 5 nitrogen and oxygen atoms in total. The van der Waals surface area contributed by atoms with E-state index in [-0.39, 0.29) is 5.91 Å². The molecule has 0 saturated carbocycles. The highest BCUT2D eigenvalue weighted by Gasteiger charge is 2.18. The van der Waals surface area contributed by atoms with Gasteiger partial charge in [-0.15, -0.1) is 5.10 Å². The van der Waals surface area contributed by atoms with Crippen LogP contribution in [0, 0.1) is 0 Å². The molecule has 1 aromatic heterocycles. The highest BCUT2D eigenvalue weighted by molar-refractivity contribution is 9.10. The van der Waals surface area contributed by atoms with Gasteiger partial charge in [-0.05, 0) is 52.9 Å². The van der Waals surface area contributed by atoms with E-state index in [1.807, 2.05) is 13.8 Å². The molecule has 0 unspecified atom stereocenters. The highest BCUT2D eigenvalue weighted by Crippen LogP contribution is 2.37. The largest absolute Gasteiger partial charge is 0.491 e. The first-order valence-corrected chi connectivity index (χ1v) is 8.25. The summed E-state index contributed by atoms with van der Waals surface area (Å²) in [6.45, 7) is 4.27. The van der Waals surface area contributed by atoms with Gasteiger partial charge in [-0.25, -0.2) is 0 Å². The average Bonchev–Trinajstić information content (AvgIpc) is 2.91. The summed E-state index contributed by atoms with van der Waals surface area (Å²) >= 11 is 10.5. The van der Waals surface area contributed by atoms with Crippen LogP contribution in [0.1, 0.15) is 29.2 Å². The lowest BCUT2D eigenvalue weighted by Gasteiger charge is -2.13. The Hall–Kier alpha value is -1.18. The van der Waals surface area contributed by atoms with Gasteiger partial charge in [0.15, 0.2) is 5.75 Å². The van der Waals surface area contributed by atoms with E-state index in [9.17, 15) is 4.79 Å². The number of anilines is 1. The molecule has 1 heterocycles. The minimum Gasteiger partial charge on any atom is -0.491 e. The zero-order valence-electron chi connectivity index (χ0n) is 11.4. The van der Waals surface area contributed by atoms with Crippen LogP contribution in [-0.4, -0.2) is 22.1 Å². The first-order chi connectivity index (χ1) is 10.1. The smallest absolute Gasteiger partial charge is 0.269 e. The number of amides is 1. The van der Waals surface area contributed by atoms with Gasteiger partial charge in [0, 0.05) is 5.02 Å². The zero-order chi connectivity index (χ0) is 15.4. The summed E-state index contributed by atoms with van der Waals surface area (Å²) < 4.78 is 10.0. The van der Waals surface area contributed by atoms with E-state index in [2.05, 4.69) is 30.8 Å². The Morgan fingerprint density at radius 2 is 2.24 bits per heavy atom. The van der Waals surface area contributed by atoms with Crippen LogP contribution in [-0.2, 0) is 6.42 Å². The van der Waals surface area contributed by atoms with E-state index in [0.717, 1.165) is 11.5 Å². The van der Waals surface area contributed by atoms with Crippen LogP contribution in [0.15, 0.2) is 16.6 Å². The number of halogens is 2. The standard InChI is InChI=1S/C13H13BrClN3O2S/c1-3-9-12(21-18-17-9)13(19)16-10-6-7(15)5-8(14)11(10)20-4-2/h5-6H,3-4H2,1-2H3,(H,16,19). The maximum Gasteiger partial charge on any atom is 0.269 e. The fraction of sp³-hybridized carbons (Fsp3) is 0.308. The topological polar surface area (TPSA) is 64.1 Å². The third kappa shape index (κ3) is 3.72. The monoisotopic (exact) mass is 389 g/mol. The van der Waals surface area contributed by atoms with Crippen molar-refractivity contribution in [2.75, 3.05) is 11.9 Å². The Balaban J connectivity index is 2.32. The van der Waals surface area contributed by atoms with Gasteiger partial charge >= 0.3 is 0 Å². The molecule has 0 saturated heterocycles. The minimum absolute atomic E-state index is 0.267. The molecule has 0 fully saturated rings. The molecule has 2 rings (SSSR count). The van der Waals surface area contributed by atoms with E-state index < -0.39 is 0 Å². The Morgan fingerprint density at radius 3 is 2.90 bits per heavy atom. The van der Waals surface area contributed by atoms with Crippen molar-refractivity contribution in [3.8, 4) is 5.75 Å². The van der Waals surface area contributed by atoms with Crippen molar-refractivity contribution in [2.24, 2.45) is 0 Å². The quantitative estimate of drug-likeness (QED) is 0.832. The predicted octanol–water partition coefficient (Wildman–Crippen LogP) is 4.17. The summed E-state index contributed by atoms with van der Waals surface area (Å²) in [6.07, 6.45) is 0.650. The first-order valence-electron chi connectivity index (χ1n) is 6.31. The second kappa shape index (κ2) is 7.20. The summed E-state index contributed by atoms with van der Waals surface area (Å²) in [4.78, 5) is 12.8. The zero-order valence-corrected chi connectivity index (χ0v) is 14.6. The van der Waals surface area contributed by atoms with Crippen LogP contribution in [0.4, 0.5) is 5.69 Å². The molecule has 0 aliphatic heterocycles. The number of carbonyl (C=O) groups excluding carboxylic acids is 1. The van der Waals surface area contributed by atoms with Crippen LogP contribution >= 0.6 is 39.1 Å². The Kier molecular flexibility index (Phi) is 5.55. The summed E-state index contributed by atoms with van der Waals surface area (Å²) in [5.41, 5.74) is 1.19. The van der Waals surface area contributed by atoms with Crippen molar-refractivity contribution in [1.29, 1.82) is 0 Å². The normalized spacial score (nSPS) is 10.5. The van der Waals surface area contributed by atoms with Crippen molar-refractivity contribution < 1.29 is 9.53 Å². The molecule has 2 aromatic rings. The number of nitrogens with one attached hydrogen (secondary N) is 1. The van der Waals surface area contributed by atoms with Gasteiger partial charge in [-0.3, -0.25) is 4.79 Å². The van der Waals surface area contributed by atoms with E-state index in [1.54, 1.807) is 12.1 Å². The SMILES string of the molecule is CCOc1c(Br)cc(Cl)cc1NC(=O)c1snnc1CC. The lowest BCUT2D eigenvalue weighted by atomic mass is 10.2. The molecule has 1 aromatic carbocycles. The third-order valence-electron chi connectivity index (χ3n) is 2.64. The Bertz CT molecular complexity index is 663. The van der Waals surface area contributed by atoms with Crippen LogP contribution in [0.2, 0.25) is 5.02 Å². The van der Waals surface area contributed by atoms with E-state index in [1.165, 1.54) is 0 Å². The number of hydrogen-bond acceptors (Lipinski definition) is 5. The molecule has 112 valence electrons. The number of ether oxygens (including phenoxy) is 1. The molecule has 0 radical (unpaired) electrons. The minimum atomic E-state index is -0.267. The van der Waals surface area contributed by atoms with Gasteiger partial charge in [0.05, 0.1) is 22.5 Å². The molecule has 1 N–H and O–H groups in total. The van der Waals surface area contributed by atoms with E-state index in [0.29, 0.717) is 44.5 Å². The molecular formula is C13H13BrClN3O2S. The number of nitrogens with zero attached hydrogens (tertiary/aromatic N) is 2. The molecule has 0 spiro atoms. The molecule has 21 heavy (non-hydrogen) atoms. The van der Waals surface area contributed by atoms with Gasteiger partial charge < -0.3 is 10.1 Å². The highest BCUT2D eigenvalue weighted by atomic mass is 79.9. The van der Waals surface area contributed by atoms with E-state index in [4.69, 9.17) is 16.3 Å². The van der Waals surface area contributed by atoms with Crippen LogP contribution < -0.4 is 10.1 Å². The second-order valence-electron chi connectivity index (χ2n) is 4.05. The number of aromatic nitrogens is 2. The summed E-state index contributed by atoms with van der Waals surface area (Å²) in [7, 11) is 0. The number of aryl methyl sites for hydroxylation is 1. The molecule has 0 aliphatic rings. The van der Waals surface area contributed by atoms with Crippen molar-refractivity contribution >= 4 is 50.7 Å². The fourth-order valence-electron chi connectivity index (χ4n) is 1.74. The van der Waals surface area contributed by atoms with Crippen molar-refractivity contribution in [3.63, 3.8) is 0 Å². The maximum absolute atomic E-state index is 12.3. The van der Waals surface area contributed by atoms with Gasteiger partial charge in [0.1, 0.15) is 4.88 Å². The van der Waals surface area contributed by atoms with Gasteiger partial charge in [0.2, 0.25) is 0 Å². The van der Waals surface area contributed by atoms with Crippen LogP contribution in [0.3, 0.4) is 0 Å². The predicted molar refractivity (Wildman–Crippen MR) is 87.6 cm³/mol. The van der Waals surface area contributed by atoms with Gasteiger partial charge in [-0.1, -0.05) is 23.0 Å². The molecule has 1 amide bonds. The number of benzene rings is 1. The fourth-order valence-corrected chi connectivity index (χ4v) is 3.31. The lowest BCUT2D eigenvalue weighted by molar-refractivity contribution is 0.102. The summed E-state index contributed by atoms with van der Waals surface area (Å²) in [5.74, 6) is 0.280. The molecule has 0 atom stereocenters. The molecule has 0 aliphatic carbocycles.